The van der Waals surface area contributed by atoms with E-state index in [1.807, 2.05) is 13.8 Å². The maximum atomic E-state index is 11.0. The minimum absolute atomic E-state index is 0.141. The highest BCUT2D eigenvalue weighted by Gasteiger charge is 2.39. The fourth-order valence-corrected chi connectivity index (χ4v) is 2.34. The van der Waals surface area contributed by atoms with Gasteiger partial charge in [-0.05, 0) is 18.4 Å². The Balaban J connectivity index is 2.52. The SMILES string of the molecule is COCCN1CCC(C(=O)O)C(C)(C)C1. The van der Waals surface area contributed by atoms with Crippen LogP contribution in [0.25, 0.3) is 0 Å². The molecule has 0 aromatic heterocycles. The molecule has 15 heavy (non-hydrogen) atoms. The van der Waals surface area contributed by atoms with E-state index in [9.17, 15) is 4.79 Å². The van der Waals surface area contributed by atoms with Gasteiger partial charge in [-0.25, -0.2) is 0 Å². The monoisotopic (exact) mass is 215 g/mol. The molecule has 0 amide bonds. The van der Waals surface area contributed by atoms with Crippen LogP contribution < -0.4 is 0 Å². The molecule has 1 atom stereocenters. The lowest BCUT2D eigenvalue weighted by molar-refractivity contribution is -0.149. The molecule has 1 rings (SSSR count). The van der Waals surface area contributed by atoms with Gasteiger partial charge in [0, 0.05) is 20.2 Å². The van der Waals surface area contributed by atoms with Crippen LogP contribution in [0.1, 0.15) is 20.3 Å². The van der Waals surface area contributed by atoms with Crippen molar-refractivity contribution in [2.75, 3.05) is 33.4 Å². The number of aliphatic carboxylic acids is 1. The molecule has 0 bridgehead atoms. The minimum atomic E-state index is -0.661. The molecule has 0 aromatic carbocycles. The molecule has 1 heterocycles. The Bertz CT molecular complexity index is 228. The first-order valence-corrected chi connectivity index (χ1v) is 5.41. The molecule has 0 aliphatic carbocycles. The number of hydrogen-bond donors (Lipinski definition) is 1. The van der Waals surface area contributed by atoms with Crippen molar-refractivity contribution >= 4 is 5.97 Å². The van der Waals surface area contributed by atoms with Crippen LogP contribution in [-0.2, 0) is 9.53 Å². The van der Waals surface area contributed by atoms with Crippen molar-refractivity contribution in [3.8, 4) is 0 Å². The molecule has 0 saturated carbocycles. The summed E-state index contributed by atoms with van der Waals surface area (Å²) in [6, 6.07) is 0. The topological polar surface area (TPSA) is 49.8 Å². The van der Waals surface area contributed by atoms with Crippen molar-refractivity contribution < 1.29 is 14.6 Å². The zero-order chi connectivity index (χ0) is 11.5. The molecule has 1 aliphatic rings. The van der Waals surface area contributed by atoms with Crippen molar-refractivity contribution in [3.63, 3.8) is 0 Å². The van der Waals surface area contributed by atoms with Crippen molar-refractivity contribution in [2.24, 2.45) is 11.3 Å². The van der Waals surface area contributed by atoms with Gasteiger partial charge in [-0.2, -0.15) is 0 Å². The number of carboxylic acids is 1. The van der Waals surface area contributed by atoms with E-state index in [-0.39, 0.29) is 11.3 Å². The number of methoxy groups -OCH3 is 1. The van der Waals surface area contributed by atoms with Crippen LogP contribution in [0.5, 0.6) is 0 Å². The van der Waals surface area contributed by atoms with Gasteiger partial charge in [0.05, 0.1) is 12.5 Å². The van der Waals surface area contributed by atoms with Gasteiger partial charge in [-0.3, -0.25) is 4.79 Å². The van der Waals surface area contributed by atoms with Crippen LogP contribution in [0.2, 0.25) is 0 Å². The summed E-state index contributed by atoms with van der Waals surface area (Å²) in [5.41, 5.74) is -0.141. The summed E-state index contributed by atoms with van der Waals surface area (Å²) < 4.78 is 5.03. The first-order valence-electron chi connectivity index (χ1n) is 5.41. The lowest BCUT2D eigenvalue weighted by Crippen LogP contribution is -2.49. The van der Waals surface area contributed by atoms with Crippen molar-refractivity contribution in [2.45, 2.75) is 20.3 Å². The molecule has 4 nitrogen and oxygen atoms in total. The third-order valence-electron chi connectivity index (χ3n) is 3.22. The van der Waals surface area contributed by atoms with Crippen molar-refractivity contribution in [3.05, 3.63) is 0 Å². The smallest absolute Gasteiger partial charge is 0.307 e. The second-order valence-corrected chi connectivity index (χ2v) is 4.94. The quantitative estimate of drug-likeness (QED) is 0.762. The molecule has 1 aliphatic heterocycles. The maximum Gasteiger partial charge on any atom is 0.307 e. The number of piperidine rings is 1. The first-order chi connectivity index (χ1) is 6.97. The summed E-state index contributed by atoms with van der Waals surface area (Å²) in [5.74, 6) is -0.873. The second kappa shape index (κ2) is 4.94. The summed E-state index contributed by atoms with van der Waals surface area (Å²) in [6.45, 7) is 7.38. The van der Waals surface area contributed by atoms with Gasteiger partial charge in [0.1, 0.15) is 0 Å². The van der Waals surface area contributed by atoms with Gasteiger partial charge in [-0.15, -0.1) is 0 Å². The summed E-state index contributed by atoms with van der Waals surface area (Å²) >= 11 is 0. The third kappa shape index (κ3) is 3.18. The van der Waals surface area contributed by atoms with Crippen molar-refractivity contribution in [1.29, 1.82) is 0 Å². The zero-order valence-electron chi connectivity index (χ0n) is 9.82. The molecule has 0 spiro atoms. The molecule has 1 fully saturated rings. The molecule has 1 N–H and O–H groups in total. The van der Waals surface area contributed by atoms with Crippen LogP contribution in [0.4, 0.5) is 0 Å². The lowest BCUT2D eigenvalue weighted by atomic mass is 9.74. The average molecular weight is 215 g/mol. The minimum Gasteiger partial charge on any atom is -0.481 e. The predicted molar refractivity (Wildman–Crippen MR) is 57.8 cm³/mol. The Morgan fingerprint density at radius 3 is 2.73 bits per heavy atom. The molecule has 4 heteroatoms. The number of likely N-dealkylation sites (tertiary alicyclic amines) is 1. The molecule has 1 saturated heterocycles. The molecule has 0 radical (unpaired) electrons. The largest absolute Gasteiger partial charge is 0.481 e. The number of carbonyl (C=O) groups is 1. The molecule has 1 unspecified atom stereocenters. The van der Waals surface area contributed by atoms with Gasteiger partial charge in [0.15, 0.2) is 0 Å². The Morgan fingerprint density at radius 1 is 1.60 bits per heavy atom. The van der Waals surface area contributed by atoms with Gasteiger partial charge in [0.2, 0.25) is 0 Å². The van der Waals surface area contributed by atoms with E-state index in [2.05, 4.69) is 4.90 Å². The number of carboxylic acid groups (broad SMARTS) is 1. The third-order valence-corrected chi connectivity index (χ3v) is 3.22. The normalized spacial score (nSPS) is 26.5. The number of nitrogens with zero attached hydrogens (tertiary/aromatic N) is 1. The zero-order valence-corrected chi connectivity index (χ0v) is 9.82. The number of hydrogen-bond acceptors (Lipinski definition) is 3. The van der Waals surface area contributed by atoms with E-state index in [0.717, 1.165) is 26.1 Å². The Hall–Kier alpha value is -0.610. The number of ether oxygens (including phenoxy) is 1. The summed E-state index contributed by atoms with van der Waals surface area (Å²) in [4.78, 5) is 13.3. The highest BCUT2D eigenvalue weighted by Crippen LogP contribution is 2.34. The standard InChI is InChI=1S/C11H21NO3/c1-11(2)8-12(6-7-15-3)5-4-9(11)10(13)14/h9H,4-8H2,1-3H3,(H,13,14). The molecular formula is C11H21NO3. The number of rotatable bonds is 4. The summed E-state index contributed by atoms with van der Waals surface area (Å²) in [5, 5.41) is 9.09. The average Bonchev–Trinajstić information content (AvgIpc) is 2.12. The fraction of sp³-hybridized carbons (Fsp3) is 0.909. The van der Waals surface area contributed by atoms with Crippen LogP contribution in [0, 0.1) is 11.3 Å². The molecule has 0 aromatic rings. The van der Waals surface area contributed by atoms with E-state index in [1.54, 1.807) is 7.11 Å². The summed E-state index contributed by atoms with van der Waals surface area (Å²) in [6.07, 6.45) is 0.742. The van der Waals surface area contributed by atoms with E-state index >= 15 is 0 Å². The first kappa shape index (κ1) is 12.5. The highest BCUT2D eigenvalue weighted by atomic mass is 16.5. The van der Waals surface area contributed by atoms with Crippen LogP contribution >= 0.6 is 0 Å². The van der Waals surface area contributed by atoms with E-state index in [4.69, 9.17) is 9.84 Å². The maximum absolute atomic E-state index is 11.0. The van der Waals surface area contributed by atoms with E-state index in [1.165, 1.54) is 0 Å². The van der Waals surface area contributed by atoms with E-state index in [0.29, 0.717) is 6.61 Å². The van der Waals surface area contributed by atoms with Gasteiger partial charge in [-0.1, -0.05) is 13.8 Å². The Kier molecular flexibility index (Phi) is 4.11. The van der Waals surface area contributed by atoms with Crippen LogP contribution in [-0.4, -0.2) is 49.3 Å². The predicted octanol–water partition coefficient (Wildman–Crippen LogP) is 1.07. The van der Waals surface area contributed by atoms with Gasteiger partial charge < -0.3 is 14.7 Å². The molecular weight excluding hydrogens is 194 g/mol. The second-order valence-electron chi connectivity index (χ2n) is 4.94. The highest BCUT2D eigenvalue weighted by molar-refractivity contribution is 5.71. The van der Waals surface area contributed by atoms with Crippen LogP contribution in [0.3, 0.4) is 0 Å². The van der Waals surface area contributed by atoms with Crippen molar-refractivity contribution in [1.82, 2.24) is 4.90 Å². The van der Waals surface area contributed by atoms with E-state index < -0.39 is 5.97 Å². The van der Waals surface area contributed by atoms with Crippen LogP contribution in [0.15, 0.2) is 0 Å². The lowest BCUT2D eigenvalue weighted by Gasteiger charge is -2.42. The fourth-order valence-electron chi connectivity index (χ4n) is 2.34. The van der Waals surface area contributed by atoms with Gasteiger partial charge in [0.25, 0.3) is 0 Å². The van der Waals surface area contributed by atoms with Gasteiger partial charge >= 0.3 is 5.97 Å². The molecule has 88 valence electrons. The Morgan fingerprint density at radius 2 is 2.27 bits per heavy atom. The Labute approximate surface area is 91.2 Å². The summed E-state index contributed by atoms with van der Waals surface area (Å²) in [7, 11) is 1.69.